The van der Waals surface area contributed by atoms with E-state index in [9.17, 15) is 9.70 Å². The molecule has 0 aromatic carbocycles. The van der Waals surface area contributed by atoms with Gasteiger partial charge >= 0.3 is 5.97 Å². The zero-order valence-corrected chi connectivity index (χ0v) is 7.89. The van der Waals surface area contributed by atoms with Gasteiger partial charge in [-0.15, -0.1) is 4.91 Å². The van der Waals surface area contributed by atoms with Crippen LogP contribution in [0.5, 0.6) is 0 Å². The third-order valence-corrected chi connectivity index (χ3v) is 2.19. The number of nitrogens with zero attached hydrogens (tertiary/aromatic N) is 2. The Hall–Kier alpha value is -1.17. The lowest BCUT2D eigenvalue weighted by molar-refractivity contribution is -0.142. The normalized spacial score (nSPS) is 22.0. The Labute approximate surface area is 81.8 Å². The molecule has 6 nitrogen and oxygen atoms in total. The minimum atomic E-state index is -0.967. The lowest BCUT2D eigenvalue weighted by Crippen LogP contribution is -2.33. The summed E-state index contributed by atoms with van der Waals surface area (Å²) >= 11 is 0. The zero-order chi connectivity index (χ0) is 10.4. The number of carboxylic acids is 1. The Morgan fingerprint density at radius 3 is 3.07 bits per heavy atom. The molecule has 80 valence electrons. The van der Waals surface area contributed by atoms with Gasteiger partial charge in [-0.2, -0.15) is 0 Å². The van der Waals surface area contributed by atoms with Crippen molar-refractivity contribution in [2.75, 3.05) is 26.3 Å². The van der Waals surface area contributed by atoms with Gasteiger partial charge in [0.1, 0.15) is 6.61 Å². The molecule has 0 saturated carbocycles. The Kier molecular flexibility index (Phi) is 4.31. The van der Waals surface area contributed by atoms with E-state index in [2.05, 4.69) is 5.29 Å². The molecular weight excluding hydrogens is 188 g/mol. The highest BCUT2D eigenvalue weighted by atomic mass is 16.5. The van der Waals surface area contributed by atoms with Crippen LogP contribution in [0.1, 0.15) is 12.8 Å². The summed E-state index contributed by atoms with van der Waals surface area (Å²) in [5.74, 6) is -0.744. The van der Waals surface area contributed by atoms with Gasteiger partial charge in [-0.05, 0) is 12.8 Å². The molecule has 1 aliphatic rings. The van der Waals surface area contributed by atoms with Crippen LogP contribution in [0.15, 0.2) is 5.29 Å². The molecule has 1 atom stereocenters. The van der Waals surface area contributed by atoms with Crippen LogP contribution >= 0.6 is 0 Å². The third kappa shape index (κ3) is 3.69. The van der Waals surface area contributed by atoms with Crippen LogP contribution in [-0.2, 0) is 9.53 Å². The predicted molar refractivity (Wildman–Crippen MR) is 48.5 cm³/mol. The SMILES string of the molecule is O=NN1CCCC(COCC(=O)O)C1. The van der Waals surface area contributed by atoms with Crippen LogP contribution in [0.3, 0.4) is 0 Å². The minimum absolute atomic E-state index is 0.223. The second-order valence-electron chi connectivity index (χ2n) is 3.41. The van der Waals surface area contributed by atoms with E-state index in [1.807, 2.05) is 0 Å². The molecule has 1 unspecified atom stereocenters. The smallest absolute Gasteiger partial charge is 0.329 e. The average molecular weight is 202 g/mol. The Morgan fingerprint density at radius 2 is 2.43 bits per heavy atom. The van der Waals surface area contributed by atoms with Crippen LogP contribution in [-0.4, -0.2) is 42.4 Å². The topological polar surface area (TPSA) is 79.2 Å². The fourth-order valence-electron chi connectivity index (χ4n) is 1.57. The summed E-state index contributed by atoms with van der Waals surface area (Å²) < 4.78 is 4.96. The summed E-state index contributed by atoms with van der Waals surface area (Å²) in [4.78, 5) is 20.4. The van der Waals surface area contributed by atoms with Crippen LogP contribution in [0.2, 0.25) is 0 Å². The van der Waals surface area contributed by atoms with Crippen molar-refractivity contribution in [2.45, 2.75) is 12.8 Å². The van der Waals surface area contributed by atoms with Crippen molar-refractivity contribution in [3.05, 3.63) is 4.91 Å². The molecule has 0 aromatic rings. The van der Waals surface area contributed by atoms with Gasteiger partial charge in [-0.25, -0.2) is 4.79 Å². The van der Waals surface area contributed by atoms with Crippen molar-refractivity contribution in [3.8, 4) is 0 Å². The number of piperidine rings is 1. The second kappa shape index (κ2) is 5.54. The maximum atomic E-state index is 10.2. The fraction of sp³-hybridized carbons (Fsp3) is 0.875. The quantitative estimate of drug-likeness (QED) is 0.656. The van der Waals surface area contributed by atoms with Gasteiger partial charge in [0.25, 0.3) is 0 Å². The van der Waals surface area contributed by atoms with E-state index in [4.69, 9.17) is 9.84 Å². The maximum absolute atomic E-state index is 10.2. The lowest BCUT2D eigenvalue weighted by Gasteiger charge is -2.27. The summed E-state index contributed by atoms with van der Waals surface area (Å²) in [6.07, 6.45) is 1.87. The van der Waals surface area contributed by atoms with Crippen molar-refractivity contribution in [1.29, 1.82) is 0 Å². The second-order valence-corrected chi connectivity index (χ2v) is 3.41. The number of ether oxygens (including phenoxy) is 1. The predicted octanol–water partition coefficient (Wildman–Crippen LogP) is 0.481. The number of hydrogen-bond acceptors (Lipinski definition) is 4. The molecule has 1 rings (SSSR count). The fourth-order valence-corrected chi connectivity index (χ4v) is 1.57. The Balaban J connectivity index is 2.17. The summed E-state index contributed by atoms with van der Waals surface area (Å²) in [7, 11) is 0. The van der Waals surface area contributed by atoms with E-state index >= 15 is 0 Å². The maximum Gasteiger partial charge on any atom is 0.329 e. The Bertz CT molecular complexity index is 210. The first kappa shape index (κ1) is 10.9. The highest BCUT2D eigenvalue weighted by Gasteiger charge is 2.19. The Morgan fingerprint density at radius 1 is 1.64 bits per heavy atom. The number of aliphatic carboxylic acids is 1. The molecule has 0 radical (unpaired) electrons. The van der Waals surface area contributed by atoms with Crippen molar-refractivity contribution >= 4 is 5.97 Å². The molecule has 1 fully saturated rings. The van der Waals surface area contributed by atoms with Crippen molar-refractivity contribution in [2.24, 2.45) is 11.2 Å². The molecule has 1 aliphatic heterocycles. The third-order valence-electron chi connectivity index (χ3n) is 2.19. The summed E-state index contributed by atoms with van der Waals surface area (Å²) in [5, 5.41) is 12.6. The number of carboxylic acid groups (broad SMARTS) is 1. The highest BCUT2D eigenvalue weighted by Crippen LogP contribution is 2.16. The standard InChI is InChI=1S/C8H14N2O4/c11-8(12)6-14-5-7-2-1-3-10(4-7)9-13/h7H,1-6H2,(H,11,12). The first-order chi connectivity index (χ1) is 6.72. The van der Waals surface area contributed by atoms with Crippen LogP contribution < -0.4 is 0 Å². The van der Waals surface area contributed by atoms with Crippen LogP contribution in [0.4, 0.5) is 0 Å². The van der Waals surface area contributed by atoms with Gasteiger partial charge in [-0.1, -0.05) is 0 Å². The van der Waals surface area contributed by atoms with Gasteiger partial charge in [-0.3, -0.25) is 5.01 Å². The molecule has 14 heavy (non-hydrogen) atoms. The van der Waals surface area contributed by atoms with Gasteiger partial charge in [0, 0.05) is 19.0 Å². The molecule has 0 bridgehead atoms. The summed E-state index contributed by atoms with van der Waals surface area (Å²) in [5.41, 5.74) is 0. The highest BCUT2D eigenvalue weighted by molar-refractivity contribution is 5.67. The van der Waals surface area contributed by atoms with Crippen molar-refractivity contribution in [3.63, 3.8) is 0 Å². The largest absolute Gasteiger partial charge is 0.480 e. The lowest BCUT2D eigenvalue weighted by atomic mass is 10.0. The monoisotopic (exact) mass is 202 g/mol. The molecule has 6 heteroatoms. The molecule has 0 aliphatic carbocycles. The number of carbonyl (C=O) groups is 1. The molecule has 1 saturated heterocycles. The van der Waals surface area contributed by atoms with E-state index in [0.29, 0.717) is 19.7 Å². The first-order valence-electron chi connectivity index (χ1n) is 4.60. The van der Waals surface area contributed by atoms with Crippen LogP contribution in [0.25, 0.3) is 0 Å². The van der Waals surface area contributed by atoms with E-state index in [1.54, 1.807) is 0 Å². The summed E-state index contributed by atoms with van der Waals surface area (Å²) in [6, 6.07) is 0. The number of hydrogen-bond donors (Lipinski definition) is 1. The summed E-state index contributed by atoms with van der Waals surface area (Å²) in [6.45, 7) is 1.38. The van der Waals surface area contributed by atoms with Gasteiger partial charge in [0.15, 0.2) is 0 Å². The van der Waals surface area contributed by atoms with Crippen LogP contribution in [0, 0.1) is 10.8 Å². The molecule has 1 N–H and O–H groups in total. The number of nitroso groups, excluding NO2 is 1. The van der Waals surface area contributed by atoms with Crippen molar-refractivity contribution < 1.29 is 14.6 Å². The first-order valence-corrected chi connectivity index (χ1v) is 4.60. The van der Waals surface area contributed by atoms with Gasteiger partial charge in [0.2, 0.25) is 0 Å². The molecule has 0 aromatic heterocycles. The minimum Gasteiger partial charge on any atom is -0.480 e. The van der Waals surface area contributed by atoms with Crippen molar-refractivity contribution in [1.82, 2.24) is 5.01 Å². The van der Waals surface area contributed by atoms with E-state index in [1.165, 1.54) is 5.01 Å². The van der Waals surface area contributed by atoms with Gasteiger partial charge in [0.05, 0.1) is 11.9 Å². The molecular formula is C8H14N2O4. The molecule has 1 heterocycles. The van der Waals surface area contributed by atoms with E-state index in [-0.39, 0.29) is 12.5 Å². The zero-order valence-electron chi connectivity index (χ0n) is 7.89. The molecule has 0 spiro atoms. The number of rotatable bonds is 5. The van der Waals surface area contributed by atoms with E-state index in [0.717, 1.165) is 12.8 Å². The van der Waals surface area contributed by atoms with Gasteiger partial charge < -0.3 is 9.84 Å². The average Bonchev–Trinajstić information content (AvgIpc) is 2.18. The molecule has 0 amide bonds. The van der Waals surface area contributed by atoms with E-state index < -0.39 is 5.97 Å².